The van der Waals surface area contributed by atoms with Crippen LogP contribution in [0.2, 0.25) is 5.02 Å². The van der Waals surface area contributed by atoms with Gasteiger partial charge in [0.1, 0.15) is 11.5 Å². The first kappa shape index (κ1) is 13.1. The predicted octanol–water partition coefficient (Wildman–Crippen LogP) is 5.43. The average Bonchev–Trinajstić information content (AvgIpc) is 2.94. The van der Waals surface area contributed by atoms with Crippen LogP contribution in [0.1, 0.15) is 30.8 Å². The highest BCUT2D eigenvalue weighted by Crippen LogP contribution is 2.47. The monoisotopic (exact) mass is 339 g/mol. The highest BCUT2D eigenvalue weighted by molar-refractivity contribution is 9.10. The summed E-state index contributed by atoms with van der Waals surface area (Å²) in [6, 6.07) is 9.97. The van der Waals surface area contributed by atoms with Crippen molar-refractivity contribution in [3.05, 3.63) is 51.3 Å². The molecule has 2 aromatic rings. The molecule has 1 N–H and O–H groups in total. The van der Waals surface area contributed by atoms with Crippen molar-refractivity contribution in [1.29, 1.82) is 0 Å². The van der Waals surface area contributed by atoms with Crippen molar-refractivity contribution in [3.63, 3.8) is 0 Å². The summed E-state index contributed by atoms with van der Waals surface area (Å²) in [7, 11) is 0. The molecular weight excluding hydrogens is 326 g/mol. The molecule has 1 aliphatic rings. The van der Waals surface area contributed by atoms with E-state index in [9.17, 15) is 0 Å². The third-order valence-corrected chi connectivity index (χ3v) is 4.78. The highest BCUT2D eigenvalue weighted by atomic mass is 79.9. The van der Waals surface area contributed by atoms with Gasteiger partial charge < -0.3 is 9.73 Å². The number of benzene rings is 1. The third-order valence-electron chi connectivity index (χ3n) is 3.54. The van der Waals surface area contributed by atoms with Crippen LogP contribution in [0.15, 0.2) is 39.2 Å². The van der Waals surface area contributed by atoms with E-state index in [2.05, 4.69) is 34.2 Å². The van der Waals surface area contributed by atoms with Gasteiger partial charge in [-0.3, -0.25) is 0 Å². The van der Waals surface area contributed by atoms with E-state index in [1.54, 1.807) is 0 Å². The summed E-state index contributed by atoms with van der Waals surface area (Å²) in [5.41, 5.74) is 0.992. The maximum atomic E-state index is 6.06. The molecule has 1 heterocycles. The van der Waals surface area contributed by atoms with Crippen molar-refractivity contribution < 1.29 is 4.42 Å². The molecule has 1 aromatic heterocycles. The maximum Gasteiger partial charge on any atom is 0.123 e. The van der Waals surface area contributed by atoms with E-state index in [0.29, 0.717) is 17.5 Å². The van der Waals surface area contributed by atoms with E-state index in [0.717, 1.165) is 27.6 Å². The Kier molecular flexibility index (Phi) is 3.59. The minimum absolute atomic E-state index is 0.635. The van der Waals surface area contributed by atoms with Crippen LogP contribution in [0.25, 0.3) is 0 Å². The zero-order valence-electron chi connectivity index (χ0n) is 10.6. The minimum atomic E-state index is 0.635. The van der Waals surface area contributed by atoms with Crippen LogP contribution in [-0.4, -0.2) is 0 Å². The van der Waals surface area contributed by atoms with Gasteiger partial charge in [-0.15, -0.1) is 0 Å². The Morgan fingerprint density at radius 1 is 1.37 bits per heavy atom. The van der Waals surface area contributed by atoms with Crippen LogP contribution in [0.4, 0.5) is 5.69 Å². The molecule has 0 saturated heterocycles. The molecule has 0 amide bonds. The number of hydrogen-bond donors (Lipinski definition) is 1. The van der Waals surface area contributed by atoms with Crippen LogP contribution in [0, 0.1) is 5.92 Å². The fourth-order valence-corrected chi connectivity index (χ4v) is 2.63. The number of nitrogens with one attached hydrogen (secondary N) is 1. The lowest BCUT2D eigenvalue weighted by molar-refractivity contribution is 0.468. The molecule has 0 bridgehead atoms. The van der Waals surface area contributed by atoms with Gasteiger partial charge in [0.25, 0.3) is 0 Å². The van der Waals surface area contributed by atoms with Gasteiger partial charge in [0.2, 0.25) is 0 Å². The summed E-state index contributed by atoms with van der Waals surface area (Å²) < 4.78 is 6.75. The lowest BCUT2D eigenvalue weighted by Gasteiger charge is -2.05. The number of furan rings is 1. The fourth-order valence-electron chi connectivity index (χ4n) is 2.20. The van der Waals surface area contributed by atoms with Gasteiger partial charge in [-0.25, -0.2) is 0 Å². The van der Waals surface area contributed by atoms with E-state index in [1.807, 2.05) is 24.3 Å². The van der Waals surface area contributed by atoms with Gasteiger partial charge in [-0.1, -0.05) is 18.5 Å². The molecule has 0 radical (unpaired) electrons. The standard InChI is InChI=1S/C15H15BrClNO/c1-9-6-12(9)15-5-3-11(19-15)8-18-10-2-4-13(16)14(17)7-10/h2-5,7,9,12,18H,6,8H2,1H3. The zero-order valence-corrected chi connectivity index (χ0v) is 13.0. The van der Waals surface area contributed by atoms with E-state index in [4.69, 9.17) is 16.0 Å². The first-order valence-corrected chi connectivity index (χ1v) is 7.58. The minimum Gasteiger partial charge on any atom is -0.464 e. The van der Waals surface area contributed by atoms with Crippen molar-refractivity contribution in [3.8, 4) is 0 Å². The van der Waals surface area contributed by atoms with Gasteiger partial charge in [0.05, 0.1) is 11.6 Å². The largest absolute Gasteiger partial charge is 0.464 e. The van der Waals surface area contributed by atoms with Crippen molar-refractivity contribution in [2.75, 3.05) is 5.32 Å². The van der Waals surface area contributed by atoms with Crippen molar-refractivity contribution in [2.24, 2.45) is 5.92 Å². The van der Waals surface area contributed by atoms with Crippen LogP contribution in [-0.2, 0) is 6.54 Å². The second-order valence-corrected chi connectivity index (χ2v) is 6.37. The Morgan fingerprint density at radius 3 is 2.84 bits per heavy atom. The van der Waals surface area contributed by atoms with E-state index >= 15 is 0 Å². The second-order valence-electron chi connectivity index (χ2n) is 5.11. The number of hydrogen-bond acceptors (Lipinski definition) is 2. The molecule has 4 heteroatoms. The Morgan fingerprint density at radius 2 is 2.16 bits per heavy atom. The SMILES string of the molecule is CC1CC1c1ccc(CNc2ccc(Br)c(Cl)c2)o1. The lowest BCUT2D eigenvalue weighted by Crippen LogP contribution is -1.97. The first-order chi connectivity index (χ1) is 9.13. The molecule has 2 atom stereocenters. The fraction of sp³-hybridized carbons (Fsp3) is 0.333. The molecule has 0 aliphatic heterocycles. The topological polar surface area (TPSA) is 25.2 Å². The summed E-state index contributed by atoms with van der Waals surface area (Å²) in [4.78, 5) is 0. The van der Waals surface area contributed by atoms with Crippen LogP contribution in [0.5, 0.6) is 0 Å². The average molecular weight is 341 g/mol. The summed E-state index contributed by atoms with van der Waals surface area (Å²) >= 11 is 9.43. The molecule has 1 aliphatic carbocycles. The summed E-state index contributed by atoms with van der Waals surface area (Å²) in [5.74, 6) is 3.50. The van der Waals surface area contributed by atoms with Crippen LogP contribution < -0.4 is 5.32 Å². The van der Waals surface area contributed by atoms with E-state index in [1.165, 1.54) is 6.42 Å². The van der Waals surface area contributed by atoms with Crippen molar-refractivity contribution >= 4 is 33.2 Å². The normalized spacial score (nSPS) is 21.4. The first-order valence-electron chi connectivity index (χ1n) is 6.41. The number of rotatable bonds is 4. The van der Waals surface area contributed by atoms with E-state index in [-0.39, 0.29) is 0 Å². The summed E-state index contributed by atoms with van der Waals surface area (Å²) in [6.07, 6.45) is 1.25. The zero-order chi connectivity index (χ0) is 13.4. The van der Waals surface area contributed by atoms with Gasteiger partial charge in [0, 0.05) is 16.1 Å². The molecule has 19 heavy (non-hydrogen) atoms. The Labute approximate surface area is 126 Å². The predicted molar refractivity (Wildman–Crippen MR) is 81.7 cm³/mol. The molecule has 3 rings (SSSR count). The van der Waals surface area contributed by atoms with Gasteiger partial charge >= 0.3 is 0 Å². The third kappa shape index (κ3) is 2.98. The summed E-state index contributed by atoms with van der Waals surface area (Å²) in [5, 5.41) is 4.02. The Bertz CT molecular complexity index is 596. The molecule has 2 unspecified atom stereocenters. The number of anilines is 1. The van der Waals surface area contributed by atoms with Crippen LogP contribution in [0.3, 0.4) is 0 Å². The second kappa shape index (κ2) is 5.22. The lowest BCUT2D eigenvalue weighted by atomic mass is 10.3. The molecule has 100 valence electrons. The molecular formula is C15H15BrClNO. The Balaban J connectivity index is 1.62. The summed E-state index contributed by atoms with van der Waals surface area (Å²) in [6.45, 7) is 2.94. The quantitative estimate of drug-likeness (QED) is 0.802. The van der Waals surface area contributed by atoms with Crippen molar-refractivity contribution in [1.82, 2.24) is 0 Å². The Hall–Kier alpha value is -0.930. The smallest absolute Gasteiger partial charge is 0.123 e. The van der Waals surface area contributed by atoms with E-state index < -0.39 is 0 Å². The number of halogens is 2. The van der Waals surface area contributed by atoms with Gasteiger partial charge in [-0.05, 0) is 58.6 Å². The maximum absolute atomic E-state index is 6.06. The van der Waals surface area contributed by atoms with Gasteiger partial charge in [0.15, 0.2) is 0 Å². The van der Waals surface area contributed by atoms with Gasteiger partial charge in [-0.2, -0.15) is 0 Å². The molecule has 0 spiro atoms. The van der Waals surface area contributed by atoms with Crippen LogP contribution >= 0.6 is 27.5 Å². The molecule has 2 nitrogen and oxygen atoms in total. The molecule has 1 fully saturated rings. The van der Waals surface area contributed by atoms with Crippen molar-refractivity contribution in [2.45, 2.75) is 25.8 Å². The highest BCUT2D eigenvalue weighted by Gasteiger charge is 2.36. The molecule has 1 aromatic carbocycles. The molecule has 1 saturated carbocycles.